The Kier molecular flexibility index (Phi) is 2.44. The fourth-order valence-electron chi connectivity index (χ4n) is 1.64. The summed E-state index contributed by atoms with van der Waals surface area (Å²) in [5, 5.41) is 1.75. The monoisotopic (exact) mass is 196 g/mol. The summed E-state index contributed by atoms with van der Waals surface area (Å²) >= 11 is 0. The summed E-state index contributed by atoms with van der Waals surface area (Å²) in [6, 6.07) is 10.9. The lowest BCUT2D eigenvalue weighted by atomic mass is 10.0. The van der Waals surface area contributed by atoms with E-state index in [1.165, 1.54) is 6.08 Å². The molecule has 0 unspecified atom stereocenters. The van der Waals surface area contributed by atoms with Crippen LogP contribution in [0.5, 0.6) is 0 Å². The third kappa shape index (κ3) is 1.58. The molecule has 2 rings (SSSR count). The Balaban J connectivity index is 2.88. The maximum Gasteiger partial charge on any atom is 0.150 e. The minimum absolute atomic E-state index is 0.633. The summed E-state index contributed by atoms with van der Waals surface area (Å²) in [7, 11) is 0. The zero-order chi connectivity index (χ0) is 10.7. The molecule has 0 aliphatic carbocycles. The van der Waals surface area contributed by atoms with Crippen molar-refractivity contribution in [2.45, 2.75) is 0 Å². The van der Waals surface area contributed by atoms with E-state index in [2.05, 4.69) is 0 Å². The first-order valence-corrected chi connectivity index (χ1v) is 4.54. The number of carbonyl (C=O) groups excluding carboxylic acids is 2. The Morgan fingerprint density at radius 1 is 0.933 bits per heavy atom. The van der Waals surface area contributed by atoms with E-state index >= 15 is 0 Å². The summed E-state index contributed by atoms with van der Waals surface area (Å²) in [5.74, 6) is 1.75. The molecule has 0 radical (unpaired) electrons. The molecule has 0 fully saturated rings. The van der Waals surface area contributed by atoms with Gasteiger partial charge in [0.2, 0.25) is 0 Å². The molecule has 0 atom stereocenters. The van der Waals surface area contributed by atoms with Gasteiger partial charge in [0.05, 0.1) is 0 Å². The Bertz CT molecular complexity index is 564. The van der Waals surface area contributed by atoms with Crippen LogP contribution in [0.1, 0.15) is 15.9 Å². The number of fused-ring (bicyclic) bond motifs is 1. The first kappa shape index (κ1) is 9.38. The van der Waals surface area contributed by atoms with E-state index < -0.39 is 0 Å². The summed E-state index contributed by atoms with van der Waals surface area (Å²) in [4.78, 5) is 21.1. The molecule has 0 aliphatic rings. The molecular weight excluding hydrogens is 188 g/mol. The van der Waals surface area contributed by atoms with E-state index in [9.17, 15) is 9.59 Å². The van der Waals surface area contributed by atoms with Gasteiger partial charge in [0.25, 0.3) is 0 Å². The zero-order valence-electron chi connectivity index (χ0n) is 7.94. The van der Waals surface area contributed by atoms with E-state index in [4.69, 9.17) is 0 Å². The molecule has 2 aromatic carbocycles. The molecule has 0 bridgehead atoms. The van der Waals surface area contributed by atoms with Crippen molar-refractivity contribution in [3.05, 3.63) is 47.5 Å². The first-order valence-electron chi connectivity index (χ1n) is 4.54. The van der Waals surface area contributed by atoms with Crippen LogP contribution in [0.4, 0.5) is 0 Å². The van der Waals surface area contributed by atoms with Crippen molar-refractivity contribution in [1.29, 1.82) is 0 Å². The van der Waals surface area contributed by atoms with Crippen molar-refractivity contribution in [2.24, 2.45) is 0 Å². The summed E-state index contributed by atoms with van der Waals surface area (Å²) in [6.07, 6.45) is 2.19. The van der Waals surface area contributed by atoms with Gasteiger partial charge in [0.1, 0.15) is 5.94 Å². The van der Waals surface area contributed by atoms with Gasteiger partial charge in [-0.25, -0.2) is 4.79 Å². The SMILES string of the molecule is O=C=Cc1ccc(C=O)c2ccccc12. The Morgan fingerprint density at radius 2 is 1.53 bits per heavy atom. The highest BCUT2D eigenvalue weighted by molar-refractivity contribution is 6.03. The van der Waals surface area contributed by atoms with E-state index in [0.29, 0.717) is 5.56 Å². The van der Waals surface area contributed by atoms with Gasteiger partial charge in [0.15, 0.2) is 6.29 Å². The van der Waals surface area contributed by atoms with Gasteiger partial charge < -0.3 is 0 Å². The van der Waals surface area contributed by atoms with Gasteiger partial charge in [-0.2, -0.15) is 0 Å². The maximum atomic E-state index is 10.8. The van der Waals surface area contributed by atoms with Gasteiger partial charge in [0, 0.05) is 11.6 Å². The second kappa shape index (κ2) is 3.91. The van der Waals surface area contributed by atoms with Gasteiger partial charge in [-0.3, -0.25) is 4.79 Å². The highest BCUT2D eigenvalue weighted by atomic mass is 16.1. The van der Waals surface area contributed by atoms with Crippen molar-refractivity contribution < 1.29 is 9.59 Å². The molecule has 2 nitrogen and oxygen atoms in total. The first-order chi connectivity index (χ1) is 7.36. The van der Waals surface area contributed by atoms with Crippen LogP contribution in [0.25, 0.3) is 16.8 Å². The third-order valence-corrected chi connectivity index (χ3v) is 2.33. The Labute approximate surface area is 86.8 Å². The van der Waals surface area contributed by atoms with Crippen LogP contribution in [-0.4, -0.2) is 12.2 Å². The van der Waals surface area contributed by atoms with E-state index in [1.807, 2.05) is 24.3 Å². The molecule has 15 heavy (non-hydrogen) atoms. The van der Waals surface area contributed by atoms with Crippen LogP contribution in [0.3, 0.4) is 0 Å². The number of benzene rings is 2. The quantitative estimate of drug-likeness (QED) is 0.546. The average molecular weight is 196 g/mol. The largest absolute Gasteiger partial charge is 0.298 e. The van der Waals surface area contributed by atoms with Crippen molar-refractivity contribution in [3.63, 3.8) is 0 Å². The standard InChI is InChI=1S/C13H8O2/c14-8-7-10-5-6-11(9-15)13-4-2-1-3-12(10)13/h1-7,9H. The van der Waals surface area contributed by atoms with Gasteiger partial charge >= 0.3 is 0 Å². The maximum absolute atomic E-state index is 10.8. The van der Waals surface area contributed by atoms with Crippen LogP contribution in [-0.2, 0) is 4.79 Å². The number of aldehydes is 1. The lowest BCUT2D eigenvalue weighted by Gasteiger charge is -2.03. The van der Waals surface area contributed by atoms with Crippen molar-refractivity contribution in [2.75, 3.05) is 0 Å². The smallest absolute Gasteiger partial charge is 0.150 e. The normalized spacial score (nSPS) is 9.60. The number of hydrogen-bond donors (Lipinski definition) is 0. The summed E-state index contributed by atoms with van der Waals surface area (Å²) in [6.45, 7) is 0. The predicted molar refractivity (Wildman–Crippen MR) is 59.5 cm³/mol. The molecule has 0 saturated heterocycles. The van der Waals surface area contributed by atoms with Crippen molar-refractivity contribution >= 4 is 29.1 Å². The van der Waals surface area contributed by atoms with Crippen LogP contribution >= 0.6 is 0 Å². The molecule has 0 amide bonds. The molecule has 2 aromatic rings. The molecule has 0 aromatic heterocycles. The van der Waals surface area contributed by atoms with Crippen LogP contribution in [0.2, 0.25) is 0 Å². The lowest BCUT2D eigenvalue weighted by Crippen LogP contribution is -1.85. The average Bonchev–Trinajstić information content (AvgIpc) is 2.30. The molecule has 0 heterocycles. The minimum atomic E-state index is 0.633. The molecule has 0 spiro atoms. The fraction of sp³-hybridized carbons (Fsp3) is 0. The summed E-state index contributed by atoms with van der Waals surface area (Å²) < 4.78 is 0. The zero-order valence-corrected chi connectivity index (χ0v) is 7.94. The predicted octanol–water partition coefficient (Wildman–Crippen LogP) is 2.50. The van der Waals surface area contributed by atoms with Gasteiger partial charge in [-0.15, -0.1) is 0 Å². The van der Waals surface area contributed by atoms with E-state index in [0.717, 1.165) is 22.6 Å². The Hall–Kier alpha value is -2.18. The molecule has 72 valence electrons. The molecular formula is C13H8O2. The van der Waals surface area contributed by atoms with E-state index in [1.54, 1.807) is 18.1 Å². The Morgan fingerprint density at radius 3 is 2.13 bits per heavy atom. The van der Waals surface area contributed by atoms with Gasteiger partial charge in [-0.05, 0) is 16.3 Å². The topological polar surface area (TPSA) is 34.1 Å². The van der Waals surface area contributed by atoms with Gasteiger partial charge in [-0.1, -0.05) is 36.4 Å². The molecule has 0 aliphatic heterocycles. The van der Waals surface area contributed by atoms with E-state index in [-0.39, 0.29) is 0 Å². The molecule has 0 N–H and O–H groups in total. The minimum Gasteiger partial charge on any atom is -0.298 e. The van der Waals surface area contributed by atoms with Crippen LogP contribution in [0.15, 0.2) is 36.4 Å². The second-order valence-electron chi connectivity index (χ2n) is 3.17. The van der Waals surface area contributed by atoms with Crippen LogP contribution < -0.4 is 0 Å². The number of carbonyl (C=O) groups is 1. The van der Waals surface area contributed by atoms with Crippen molar-refractivity contribution in [1.82, 2.24) is 0 Å². The van der Waals surface area contributed by atoms with Crippen LogP contribution in [0, 0.1) is 0 Å². The highest BCUT2D eigenvalue weighted by Gasteiger charge is 2.02. The lowest BCUT2D eigenvalue weighted by molar-refractivity contribution is 0.112. The fourth-order valence-corrected chi connectivity index (χ4v) is 1.64. The molecule has 2 heteroatoms. The van der Waals surface area contributed by atoms with Crippen molar-refractivity contribution in [3.8, 4) is 0 Å². The number of hydrogen-bond acceptors (Lipinski definition) is 2. The number of rotatable bonds is 2. The highest BCUT2D eigenvalue weighted by Crippen LogP contribution is 2.22. The third-order valence-electron chi connectivity index (χ3n) is 2.33. The molecule has 0 saturated carbocycles. The summed E-state index contributed by atoms with van der Waals surface area (Å²) in [5.41, 5.74) is 1.42. The second-order valence-corrected chi connectivity index (χ2v) is 3.17.